The molecule has 0 saturated carbocycles. The molecule has 1 rings (SSSR count). The largest absolute Gasteiger partial charge is 0.480 e. The monoisotopic (exact) mass is 265 g/mol. The molecule has 0 aliphatic heterocycles. The van der Waals surface area contributed by atoms with Gasteiger partial charge in [-0.05, 0) is 18.2 Å². The van der Waals surface area contributed by atoms with E-state index in [9.17, 15) is 18.0 Å². The average Bonchev–Trinajstić information content (AvgIpc) is 2.25. The number of alkyl halides is 3. The molecule has 0 spiro atoms. The second-order valence-corrected chi connectivity index (χ2v) is 4.37. The fraction of sp³-hybridized carbons (Fsp3) is 0.300. The minimum Gasteiger partial charge on any atom is -0.480 e. The molecule has 0 aliphatic carbocycles. The number of carboxylic acids is 1. The Morgan fingerprint density at radius 1 is 1.47 bits per heavy atom. The fourth-order valence-electron chi connectivity index (χ4n) is 1.02. The lowest BCUT2D eigenvalue weighted by molar-refractivity contribution is -0.138. The first-order valence-corrected chi connectivity index (χ1v) is 5.57. The zero-order valence-corrected chi connectivity index (χ0v) is 9.39. The maximum absolute atomic E-state index is 12.4. The molecule has 0 bridgehead atoms. The lowest BCUT2D eigenvalue weighted by Gasteiger charge is -2.09. The van der Waals surface area contributed by atoms with Crippen molar-refractivity contribution in [1.29, 1.82) is 0 Å². The number of hydrogen-bond acceptors (Lipinski definition) is 3. The van der Waals surface area contributed by atoms with Crippen molar-refractivity contribution in [2.45, 2.75) is 17.1 Å². The molecule has 0 amide bonds. The standard InChI is InChI=1S/C10H10F3NO2S/c11-10(12,13)6-2-1-3-7(4-6)17-5-8(14)9(15)16/h1-4,8H,5,14H2,(H,15,16). The summed E-state index contributed by atoms with van der Waals surface area (Å²) in [7, 11) is 0. The number of rotatable bonds is 4. The van der Waals surface area contributed by atoms with Gasteiger partial charge < -0.3 is 10.8 Å². The second kappa shape index (κ2) is 5.42. The van der Waals surface area contributed by atoms with Gasteiger partial charge in [0, 0.05) is 10.6 Å². The van der Waals surface area contributed by atoms with Crippen LogP contribution >= 0.6 is 11.8 Å². The van der Waals surface area contributed by atoms with Gasteiger partial charge in [-0.1, -0.05) is 6.07 Å². The smallest absolute Gasteiger partial charge is 0.416 e. The summed E-state index contributed by atoms with van der Waals surface area (Å²) in [4.78, 5) is 10.8. The molecule has 1 aromatic rings. The van der Waals surface area contributed by atoms with Crippen molar-refractivity contribution in [1.82, 2.24) is 0 Å². The summed E-state index contributed by atoms with van der Waals surface area (Å²) in [5.41, 5.74) is 4.49. The van der Waals surface area contributed by atoms with Gasteiger partial charge in [-0.25, -0.2) is 0 Å². The highest BCUT2D eigenvalue weighted by Gasteiger charge is 2.30. The van der Waals surface area contributed by atoms with E-state index in [1.165, 1.54) is 12.1 Å². The Labute approximate surface area is 99.8 Å². The van der Waals surface area contributed by atoms with E-state index in [1.54, 1.807) is 0 Å². The quantitative estimate of drug-likeness (QED) is 0.819. The van der Waals surface area contributed by atoms with Crippen molar-refractivity contribution in [3.05, 3.63) is 29.8 Å². The van der Waals surface area contributed by atoms with Crippen LogP contribution in [0, 0.1) is 0 Å². The second-order valence-electron chi connectivity index (χ2n) is 3.28. The van der Waals surface area contributed by atoms with E-state index in [1.807, 2.05) is 0 Å². The average molecular weight is 265 g/mol. The van der Waals surface area contributed by atoms with Crippen LogP contribution in [-0.2, 0) is 11.0 Å². The minimum absolute atomic E-state index is 0.0244. The van der Waals surface area contributed by atoms with E-state index in [0.29, 0.717) is 4.90 Å². The number of thioether (sulfide) groups is 1. The third-order valence-corrected chi connectivity index (χ3v) is 3.02. The van der Waals surface area contributed by atoms with E-state index < -0.39 is 23.8 Å². The summed E-state index contributed by atoms with van der Waals surface area (Å²) >= 11 is 0.981. The first kappa shape index (κ1) is 13.9. The number of aliphatic carboxylic acids is 1. The van der Waals surface area contributed by atoms with Gasteiger partial charge in [-0.3, -0.25) is 4.79 Å². The Morgan fingerprint density at radius 3 is 2.65 bits per heavy atom. The first-order valence-electron chi connectivity index (χ1n) is 4.59. The molecular weight excluding hydrogens is 255 g/mol. The van der Waals surface area contributed by atoms with E-state index >= 15 is 0 Å². The van der Waals surface area contributed by atoms with Crippen molar-refractivity contribution in [3.8, 4) is 0 Å². The third kappa shape index (κ3) is 4.27. The van der Waals surface area contributed by atoms with Crippen molar-refractivity contribution >= 4 is 17.7 Å². The number of carbonyl (C=O) groups is 1. The number of halogens is 3. The normalized spacial score (nSPS) is 13.4. The summed E-state index contributed by atoms with van der Waals surface area (Å²) in [5, 5.41) is 8.53. The van der Waals surface area contributed by atoms with Crippen LogP contribution < -0.4 is 5.73 Å². The number of benzene rings is 1. The molecule has 0 saturated heterocycles. The van der Waals surface area contributed by atoms with Crippen molar-refractivity contribution < 1.29 is 23.1 Å². The zero-order chi connectivity index (χ0) is 13.1. The van der Waals surface area contributed by atoms with Gasteiger partial charge in [0.15, 0.2) is 0 Å². The maximum Gasteiger partial charge on any atom is 0.416 e. The molecule has 94 valence electrons. The Hall–Kier alpha value is -1.21. The molecule has 3 nitrogen and oxygen atoms in total. The highest BCUT2D eigenvalue weighted by molar-refractivity contribution is 7.99. The molecule has 1 aromatic carbocycles. The number of carboxylic acid groups (broad SMARTS) is 1. The molecule has 17 heavy (non-hydrogen) atoms. The van der Waals surface area contributed by atoms with Crippen LogP contribution in [0.25, 0.3) is 0 Å². The van der Waals surface area contributed by atoms with Crippen LogP contribution in [0.5, 0.6) is 0 Å². The molecule has 0 heterocycles. The third-order valence-electron chi connectivity index (χ3n) is 1.91. The highest BCUT2D eigenvalue weighted by atomic mass is 32.2. The van der Waals surface area contributed by atoms with Gasteiger partial charge in [0.1, 0.15) is 6.04 Å². The van der Waals surface area contributed by atoms with E-state index in [0.717, 1.165) is 23.9 Å². The van der Waals surface area contributed by atoms with E-state index in [2.05, 4.69) is 0 Å². The Morgan fingerprint density at radius 2 is 2.12 bits per heavy atom. The minimum atomic E-state index is -4.40. The Kier molecular flexibility index (Phi) is 4.41. The van der Waals surface area contributed by atoms with E-state index in [-0.39, 0.29) is 5.75 Å². The number of nitrogens with two attached hydrogens (primary N) is 1. The molecule has 0 aliphatic rings. The number of hydrogen-bond donors (Lipinski definition) is 2. The molecule has 0 aromatic heterocycles. The maximum atomic E-state index is 12.4. The molecule has 0 radical (unpaired) electrons. The SMILES string of the molecule is NC(CSc1cccc(C(F)(F)F)c1)C(=O)O. The lowest BCUT2D eigenvalue weighted by atomic mass is 10.2. The van der Waals surface area contributed by atoms with Crippen LogP contribution in [0.1, 0.15) is 5.56 Å². The van der Waals surface area contributed by atoms with Gasteiger partial charge in [0.25, 0.3) is 0 Å². The Balaban J connectivity index is 2.70. The summed E-state index contributed by atoms with van der Waals surface area (Å²) in [6.45, 7) is 0. The predicted octanol–water partition coefficient (Wildman–Crippen LogP) is 2.21. The molecule has 1 unspecified atom stereocenters. The molecule has 0 fully saturated rings. The van der Waals surface area contributed by atoms with Crippen LogP contribution in [0.15, 0.2) is 29.2 Å². The molecule has 1 atom stereocenters. The van der Waals surface area contributed by atoms with Gasteiger partial charge in [0.05, 0.1) is 5.56 Å². The van der Waals surface area contributed by atoms with Crippen LogP contribution in [0.3, 0.4) is 0 Å². The fourth-order valence-corrected chi connectivity index (χ4v) is 1.92. The van der Waals surface area contributed by atoms with Crippen LogP contribution in [0.2, 0.25) is 0 Å². The first-order chi connectivity index (χ1) is 7.80. The molecular formula is C10H10F3NO2S. The lowest BCUT2D eigenvalue weighted by Crippen LogP contribution is -2.32. The van der Waals surface area contributed by atoms with E-state index in [4.69, 9.17) is 10.8 Å². The molecule has 7 heteroatoms. The predicted molar refractivity (Wildman–Crippen MR) is 57.8 cm³/mol. The van der Waals surface area contributed by atoms with Gasteiger partial charge >= 0.3 is 12.1 Å². The Bertz CT molecular complexity index is 409. The summed E-state index contributed by atoms with van der Waals surface area (Å²) < 4.78 is 37.1. The van der Waals surface area contributed by atoms with Crippen molar-refractivity contribution in [3.63, 3.8) is 0 Å². The van der Waals surface area contributed by atoms with Gasteiger partial charge in [-0.15, -0.1) is 11.8 Å². The van der Waals surface area contributed by atoms with Gasteiger partial charge in [0.2, 0.25) is 0 Å². The topological polar surface area (TPSA) is 63.3 Å². The van der Waals surface area contributed by atoms with Crippen molar-refractivity contribution in [2.24, 2.45) is 5.73 Å². The highest BCUT2D eigenvalue weighted by Crippen LogP contribution is 2.31. The van der Waals surface area contributed by atoms with Gasteiger partial charge in [-0.2, -0.15) is 13.2 Å². The van der Waals surface area contributed by atoms with Crippen LogP contribution in [0.4, 0.5) is 13.2 Å². The summed E-state index contributed by atoms with van der Waals surface area (Å²) in [6, 6.07) is 3.60. The summed E-state index contributed by atoms with van der Waals surface area (Å²) in [6.07, 6.45) is -4.40. The molecule has 3 N–H and O–H groups in total. The van der Waals surface area contributed by atoms with Crippen LogP contribution in [-0.4, -0.2) is 22.9 Å². The van der Waals surface area contributed by atoms with Crippen molar-refractivity contribution in [2.75, 3.05) is 5.75 Å². The summed E-state index contributed by atoms with van der Waals surface area (Å²) in [5.74, 6) is -1.15. The zero-order valence-electron chi connectivity index (χ0n) is 8.57.